The highest BCUT2D eigenvalue weighted by molar-refractivity contribution is 14.0. The summed E-state index contributed by atoms with van der Waals surface area (Å²) in [6.07, 6.45) is 7.41. The van der Waals surface area contributed by atoms with E-state index in [0.717, 1.165) is 71.0 Å². The molecule has 2 saturated heterocycles. The Kier molecular flexibility index (Phi) is 11.3. The highest BCUT2D eigenvalue weighted by Crippen LogP contribution is 2.18. The van der Waals surface area contributed by atoms with E-state index in [9.17, 15) is 0 Å². The maximum absolute atomic E-state index is 6.15. The lowest BCUT2D eigenvalue weighted by Gasteiger charge is -2.35. The maximum atomic E-state index is 6.15. The minimum absolute atomic E-state index is 0. The number of likely N-dealkylation sites (tertiary alicyclic amines) is 1. The SMILES string of the molecule is CCNC(=NCCc1cccc(C)c1)N1CCC(OCC2CCCCO2)CC1.I. The summed E-state index contributed by atoms with van der Waals surface area (Å²) in [6.45, 7) is 9.67. The first-order chi connectivity index (χ1) is 13.7. The third-order valence-electron chi connectivity index (χ3n) is 5.61. The molecule has 0 saturated carbocycles. The number of nitrogens with zero attached hydrogens (tertiary/aromatic N) is 2. The van der Waals surface area contributed by atoms with E-state index in [-0.39, 0.29) is 24.0 Å². The van der Waals surface area contributed by atoms with Crippen molar-refractivity contribution in [2.45, 2.75) is 64.6 Å². The molecule has 0 aliphatic carbocycles. The topological polar surface area (TPSA) is 46.1 Å². The Balaban J connectivity index is 0.00000300. The molecule has 5 nitrogen and oxygen atoms in total. The molecule has 0 bridgehead atoms. The Morgan fingerprint density at radius 3 is 2.76 bits per heavy atom. The molecular formula is C23H38IN3O2. The molecule has 2 fully saturated rings. The lowest BCUT2D eigenvalue weighted by Crippen LogP contribution is -2.47. The number of rotatable bonds is 7. The van der Waals surface area contributed by atoms with Gasteiger partial charge < -0.3 is 19.7 Å². The number of aryl methyl sites for hydroxylation is 1. The quantitative estimate of drug-likeness (QED) is 0.337. The van der Waals surface area contributed by atoms with Crippen molar-refractivity contribution in [1.29, 1.82) is 0 Å². The maximum Gasteiger partial charge on any atom is 0.193 e. The van der Waals surface area contributed by atoms with Crippen molar-refractivity contribution in [2.75, 3.05) is 39.4 Å². The minimum atomic E-state index is 0. The summed E-state index contributed by atoms with van der Waals surface area (Å²) < 4.78 is 11.9. The first-order valence-electron chi connectivity index (χ1n) is 11.1. The summed E-state index contributed by atoms with van der Waals surface area (Å²) in [4.78, 5) is 7.26. The van der Waals surface area contributed by atoms with Crippen LogP contribution in [0, 0.1) is 6.92 Å². The second-order valence-corrected chi connectivity index (χ2v) is 7.98. The van der Waals surface area contributed by atoms with Gasteiger partial charge in [0.1, 0.15) is 0 Å². The summed E-state index contributed by atoms with van der Waals surface area (Å²) in [5.41, 5.74) is 2.67. The van der Waals surface area contributed by atoms with Crippen LogP contribution in [0.4, 0.5) is 0 Å². The van der Waals surface area contributed by atoms with Gasteiger partial charge >= 0.3 is 0 Å². The minimum Gasteiger partial charge on any atom is -0.376 e. The third kappa shape index (κ3) is 8.42. The number of ether oxygens (including phenoxy) is 2. The second kappa shape index (κ2) is 13.4. The van der Waals surface area contributed by atoms with Gasteiger partial charge in [-0.1, -0.05) is 29.8 Å². The highest BCUT2D eigenvalue weighted by atomic mass is 127. The van der Waals surface area contributed by atoms with E-state index in [1.165, 1.54) is 24.0 Å². The Labute approximate surface area is 193 Å². The molecule has 2 aliphatic heterocycles. The second-order valence-electron chi connectivity index (χ2n) is 7.98. The van der Waals surface area contributed by atoms with Crippen molar-refractivity contribution in [3.05, 3.63) is 35.4 Å². The van der Waals surface area contributed by atoms with E-state index >= 15 is 0 Å². The van der Waals surface area contributed by atoms with E-state index in [0.29, 0.717) is 12.2 Å². The van der Waals surface area contributed by atoms with Gasteiger partial charge in [-0.25, -0.2) is 0 Å². The number of hydrogen-bond acceptors (Lipinski definition) is 3. The predicted molar refractivity (Wildman–Crippen MR) is 130 cm³/mol. The van der Waals surface area contributed by atoms with Crippen molar-refractivity contribution in [3.8, 4) is 0 Å². The number of halogens is 1. The Bertz CT molecular complexity index is 612. The molecule has 2 aliphatic rings. The molecule has 1 aromatic carbocycles. The van der Waals surface area contributed by atoms with Crippen molar-refractivity contribution in [1.82, 2.24) is 10.2 Å². The molecule has 1 N–H and O–H groups in total. The Morgan fingerprint density at radius 2 is 2.07 bits per heavy atom. The molecule has 29 heavy (non-hydrogen) atoms. The summed E-state index contributed by atoms with van der Waals surface area (Å²) in [5.74, 6) is 1.05. The number of aliphatic imine (C=N–C) groups is 1. The van der Waals surface area contributed by atoms with Gasteiger partial charge in [0, 0.05) is 32.8 Å². The average Bonchev–Trinajstić information content (AvgIpc) is 2.73. The van der Waals surface area contributed by atoms with E-state index < -0.39 is 0 Å². The number of hydrogen-bond donors (Lipinski definition) is 1. The first kappa shape index (κ1) is 24.4. The summed E-state index contributed by atoms with van der Waals surface area (Å²) in [5, 5.41) is 3.46. The summed E-state index contributed by atoms with van der Waals surface area (Å²) in [7, 11) is 0. The molecule has 1 unspecified atom stereocenters. The zero-order valence-electron chi connectivity index (χ0n) is 18.1. The standard InChI is InChI=1S/C23H37N3O2.HI/c1-3-24-23(25-13-10-20-8-6-7-19(2)17-20)26-14-11-21(12-15-26)28-18-22-9-4-5-16-27-22;/h6-8,17,21-22H,3-5,9-16,18H2,1-2H3,(H,24,25);1H. The van der Waals surface area contributed by atoms with Gasteiger partial charge in [0.2, 0.25) is 0 Å². The number of benzene rings is 1. The molecule has 1 aromatic rings. The summed E-state index contributed by atoms with van der Waals surface area (Å²) >= 11 is 0. The van der Waals surface area contributed by atoms with Gasteiger partial charge in [0.05, 0.1) is 18.8 Å². The van der Waals surface area contributed by atoms with Crippen molar-refractivity contribution in [3.63, 3.8) is 0 Å². The third-order valence-corrected chi connectivity index (χ3v) is 5.61. The monoisotopic (exact) mass is 515 g/mol. The number of nitrogens with one attached hydrogen (secondary N) is 1. The fourth-order valence-corrected chi connectivity index (χ4v) is 4.00. The van der Waals surface area contributed by atoms with Crippen molar-refractivity contribution >= 4 is 29.9 Å². The molecule has 164 valence electrons. The van der Waals surface area contributed by atoms with Crippen LogP contribution in [-0.2, 0) is 15.9 Å². The van der Waals surface area contributed by atoms with E-state index in [4.69, 9.17) is 14.5 Å². The van der Waals surface area contributed by atoms with Gasteiger partial charge in [-0.2, -0.15) is 0 Å². The molecule has 1 atom stereocenters. The van der Waals surface area contributed by atoms with Crippen LogP contribution in [0.1, 0.15) is 50.2 Å². The van der Waals surface area contributed by atoms with Crippen LogP contribution in [0.25, 0.3) is 0 Å². The number of guanidine groups is 1. The molecule has 6 heteroatoms. The van der Waals surface area contributed by atoms with Crippen LogP contribution in [0.3, 0.4) is 0 Å². The highest BCUT2D eigenvalue weighted by Gasteiger charge is 2.23. The van der Waals surface area contributed by atoms with Crippen LogP contribution in [0.2, 0.25) is 0 Å². The van der Waals surface area contributed by atoms with Crippen molar-refractivity contribution < 1.29 is 9.47 Å². The van der Waals surface area contributed by atoms with Gasteiger partial charge in [-0.3, -0.25) is 4.99 Å². The zero-order chi connectivity index (χ0) is 19.6. The van der Waals surface area contributed by atoms with E-state index in [2.05, 4.69) is 48.3 Å². The molecule has 3 rings (SSSR count). The molecule has 2 heterocycles. The Morgan fingerprint density at radius 1 is 1.24 bits per heavy atom. The fourth-order valence-electron chi connectivity index (χ4n) is 4.00. The smallest absolute Gasteiger partial charge is 0.193 e. The van der Waals surface area contributed by atoms with Gasteiger partial charge in [-0.05, 0) is 57.9 Å². The van der Waals surface area contributed by atoms with Crippen LogP contribution in [-0.4, -0.2) is 62.5 Å². The molecule has 0 amide bonds. The fraction of sp³-hybridized carbons (Fsp3) is 0.696. The normalized spacial score (nSPS) is 21.0. The van der Waals surface area contributed by atoms with E-state index in [1.807, 2.05) is 0 Å². The van der Waals surface area contributed by atoms with Crippen LogP contribution in [0.15, 0.2) is 29.3 Å². The zero-order valence-corrected chi connectivity index (χ0v) is 20.4. The first-order valence-corrected chi connectivity index (χ1v) is 11.1. The molecule has 0 spiro atoms. The average molecular weight is 515 g/mol. The molecule has 0 radical (unpaired) electrons. The van der Waals surface area contributed by atoms with Gasteiger partial charge in [0.15, 0.2) is 5.96 Å². The lowest BCUT2D eigenvalue weighted by molar-refractivity contribution is -0.0721. The van der Waals surface area contributed by atoms with Crippen LogP contribution >= 0.6 is 24.0 Å². The molecule has 0 aromatic heterocycles. The number of piperidine rings is 1. The summed E-state index contributed by atoms with van der Waals surface area (Å²) in [6, 6.07) is 8.71. The van der Waals surface area contributed by atoms with Gasteiger partial charge in [0.25, 0.3) is 0 Å². The lowest BCUT2D eigenvalue weighted by atomic mass is 10.1. The largest absolute Gasteiger partial charge is 0.376 e. The van der Waals surface area contributed by atoms with Gasteiger partial charge in [-0.15, -0.1) is 24.0 Å². The molecular weight excluding hydrogens is 477 g/mol. The van der Waals surface area contributed by atoms with Crippen LogP contribution < -0.4 is 5.32 Å². The Hall–Kier alpha value is -0.860. The van der Waals surface area contributed by atoms with Crippen LogP contribution in [0.5, 0.6) is 0 Å². The predicted octanol–water partition coefficient (Wildman–Crippen LogP) is 4.17. The van der Waals surface area contributed by atoms with E-state index in [1.54, 1.807) is 0 Å². The van der Waals surface area contributed by atoms with Crippen molar-refractivity contribution in [2.24, 2.45) is 4.99 Å².